The van der Waals surface area contributed by atoms with Gasteiger partial charge in [0.1, 0.15) is 10.6 Å². The molecule has 0 atom stereocenters. The van der Waals surface area contributed by atoms with Crippen LogP contribution in [0.2, 0.25) is 5.02 Å². The second-order valence-electron chi connectivity index (χ2n) is 5.58. The number of halogens is 1. The zero-order chi connectivity index (χ0) is 18.2. The van der Waals surface area contributed by atoms with Crippen LogP contribution in [0.3, 0.4) is 0 Å². The van der Waals surface area contributed by atoms with Crippen molar-refractivity contribution in [1.82, 2.24) is 4.31 Å². The highest BCUT2D eigenvalue weighted by molar-refractivity contribution is 7.89. The first-order valence-electron chi connectivity index (χ1n) is 7.35. The maximum Gasteiger partial charge on any atom is 0.262 e. The van der Waals surface area contributed by atoms with E-state index < -0.39 is 10.0 Å². The molecule has 1 aliphatic rings. The number of hydrogen-bond donors (Lipinski definition) is 2. The van der Waals surface area contributed by atoms with Crippen molar-refractivity contribution in [2.24, 2.45) is 0 Å². The first kappa shape index (κ1) is 17.5. The third-order valence-corrected chi connectivity index (χ3v) is 6.07. The number of hydrogen-bond acceptors (Lipinski definition) is 5. The summed E-state index contributed by atoms with van der Waals surface area (Å²) in [7, 11) is -2.43. The highest BCUT2D eigenvalue weighted by Crippen LogP contribution is 2.36. The standard InChI is InChI=1S/C16H16ClN3O4S/c1-20(8-10-4-2-3-5-12(10)18)25(22,23)15-7-14-13(6-11(15)17)19-16(21)9-24-14/h2-7H,8-9,18H2,1H3,(H,19,21). The van der Waals surface area contributed by atoms with Crippen LogP contribution in [0.5, 0.6) is 5.75 Å². The molecule has 0 saturated carbocycles. The van der Waals surface area contributed by atoms with E-state index in [1.807, 2.05) is 0 Å². The van der Waals surface area contributed by atoms with Crippen LogP contribution in [0.4, 0.5) is 11.4 Å². The molecule has 0 aliphatic carbocycles. The highest BCUT2D eigenvalue weighted by atomic mass is 35.5. The van der Waals surface area contributed by atoms with E-state index in [2.05, 4.69) is 5.32 Å². The number of rotatable bonds is 4. The third-order valence-electron chi connectivity index (χ3n) is 3.80. The minimum atomic E-state index is -3.88. The summed E-state index contributed by atoms with van der Waals surface area (Å²) in [6.45, 7) is -0.0788. The minimum Gasteiger partial charge on any atom is -0.482 e. The van der Waals surface area contributed by atoms with Crippen LogP contribution < -0.4 is 15.8 Å². The van der Waals surface area contributed by atoms with E-state index >= 15 is 0 Å². The van der Waals surface area contributed by atoms with Gasteiger partial charge in [-0.2, -0.15) is 4.31 Å². The van der Waals surface area contributed by atoms with Gasteiger partial charge in [0, 0.05) is 25.3 Å². The van der Waals surface area contributed by atoms with E-state index in [4.69, 9.17) is 22.1 Å². The minimum absolute atomic E-state index is 0.00238. The molecule has 3 rings (SSSR count). The average molecular weight is 382 g/mol. The van der Waals surface area contributed by atoms with Crippen molar-refractivity contribution < 1.29 is 17.9 Å². The van der Waals surface area contributed by atoms with Crippen molar-refractivity contribution in [1.29, 1.82) is 0 Å². The lowest BCUT2D eigenvalue weighted by molar-refractivity contribution is -0.118. The van der Waals surface area contributed by atoms with Crippen LogP contribution in [-0.2, 0) is 21.4 Å². The van der Waals surface area contributed by atoms with Crippen LogP contribution in [-0.4, -0.2) is 32.3 Å². The molecule has 0 radical (unpaired) electrons. The van der Waals surface area contributed by atoms with Gasteiger partial charge in [0.05, 0.1) is 10.7 Å². The van der Waals surface area contributed by atoms with Gasteiger partial charge in [-0.05, 0) is 17.7 Å². The molecule has 9 heteroatoms. The number of nitrogens with two attached hydrogens (primary N) is 1. The van der Waals surface area contributed by atoms with Crippen molar-refractivity contribution in [2.75, 3.05) is 24.7 Å². The molecule has 25 heavy (non-hydrogen) atoms. The first-order valence-corrected chi connectivity index (χ1v) is 9.17. The number of nitrogens with one attached hydrogen (secondary N) is 1. The zero-order valence-electron chi connectivity index (χ0n) is 13.3. The van der Waals surface area contributed by atoms with Gasteiger partial charge in [0.15, 0.2) is 6.61 Å². The number of carbonyl (C=O) groups is 1. The second kappa shape index (κ2) is 6.55. The predicted octanol–water partition coefficient (Wildman–Crippen LogP) is 2.07. The molecule has 1 heterocycles. The van der Waals surface area contributed by atoms with Crippen LogP contribution in [0.1, 0.15) is 5.56 Å². The Labute approximate surface area is 150 Å². The molecule has 132 valence electrons. The Morgan fingerprint density at radius 2 is 2.04 bits per heavy atom. The van der Waals surface area contributed by atoms with E-state index in [0.717, 1.165) is 4.31 Å². The van der Waals surface area contributed by atoms with Crippen molar-refractivity contribution >= 4 is 38.9 Å². The van der Waals surface area contributed by atoms with Gasteiger partial charge in [-0.1, -0.05) is 29.8 Å². The predicted molar refractivity (Wildman–Crippen MR) is 95.1 cm³/mol. The molecule has 0 spiro atoms. The highest BCUT2D eigenvalue weighted by Gasteiger charge is 2.28. The number of anilines is 2. The molecule has 1 amide bonds. The molecule has 0 unspecified atom stereocenters. The van der Waals surface area contributed by atoms with Gasteiger partial charge >= 0.3 is 0 Å². The van der Waals surface area contributed by atoms with E-state index in [1.54, 1.807) is 24.3 Å². The lowest BCUT2D eigenvalue weighted by Crippen LogP contribution is -2.28. The van der Waals surface area contributed by atoms with E-state index in [9.17, 15) is 13.2 Å². The van der Waals surface area contributed by atoms with Crippen LogP contribution in [0, 0.1) is 0 Å². The number of nitrogen functional groups attached to an aromatic ring is 1. The van der Waals surface area contributed by atoms with Crippen LogP contribution in [0.15, 0.2) is 41.3 Å². The Morgan fingerprint density at radius 1 is 1.32 bits per heavy atom. The quantitative estimate of drug-likeness (QED) is 0.789. The molecular weight excluding hydrogens is 366 g/mol. The van der Waals surface area contributed by atoms with Crippen molar-refractivity contribution in [3.63, 3.8) is 0 Å². The Hall–Kier alpha value is -2.29. The van der Waals surface area contributed by atoms with Gasteiger partial charge in [0.2, 0.25) is 10.0 Å². The molecule has 1 aliphatic heterocycles. The smallest absolute Gasteiger partial charge is 0.262 e. The molecular formula is C16H16ClN3O4S. The van der Waals surface area contributed by atoms with Crippen molar-refractivity contribution in [3.05, 3.63) is 47.0 Å². The number of para-hydroxylation sites is 1. The fourth-order valence-corrected chi connectivity index (χ4v) is 4.11. The van der Waals surface area contributed by atoms with Gasteiger partial charge in [-0.25, -0.2) is 8.42 Å². The molecule has 7 nitrogen and oxygen atoms in total. The van der Waals surface area contributed by atoms with E-state index in [0.29, 0.717) is 16.9 Å². The van der Waals surface area contributed by atoms with Crippen LogP contribution >= 0.6 is 11.6 Å². The molecule has 0 saturated heterocycles. The van der Waals surface area contributed by atoms with Gasteiger partial charge in [0.25, 0.3) is 5.91 Å². The number of benzene rings is 2. The van der Waals surface area contributed by atoms with Crippen LogP contribution in [0.25, 0.3) is 0 Å². The van der Waals surface area contributed by atoms with Crippen molar-refractivity contribution in [2.45, 2.75) is 11.4 Å². The maximum absolute atomic E-state index is 12.9. The van der Waals surface area contributed by atoms with Gasteiger partial charge in [-0.3, -0.25) is 4.79 Å². The number of amides is 1. The Morgan fingerprint density at radius 3 is 2.76 bits per heavy atom. The number of nitrogens with zero attached hydrogens (tertiary/aromatic N) is 1. The number of ether oxygens (including phenoxy) is 1. The largest absolute Gasteiger partial charge is 0.482 e. The molecule has 3 N–H and O–H groups in total. The molecule has 0 bridgehead atoms. The Bertz CT molecular complexity index is 946. The SMILES string of the molecule is CN(Cc1ccccc1N)S(=O)(=O)c1cc2c(cc1Cl)NC(=O)CO2. The normalized spacial score (nSPS) is 14.0. The summed E-state index contributed by atoms with van der Waals surface area (Å²) in [6.07, 6.45) is 0. The summed E-state index contributed by atoms with van der Waals surface area (Å²) in [5.74, 6) is -0.0638. The summed E-state index contributed by atoms with van der Waals surface area (Å²) >= 11 is 6.13. The zero-order valence-corrected chi connectivity index (χ0v) is 14.9. The lowest BCUT2D eigenvalue weighted by atomic mass is 10.2. The summed E-state index contributed by atoms with van der Waals surface area (Å²) in [5.41, 5.74) is 7.41. The fourth-order valence-electron chi connectivity index (χ4n) is 2.45. The molecule has 0 aromatic heterocycles. The number of fused-ring (bicyclic) bond motifs is 1. The van der Waals surface area contributed by atoms with Crippen molar-refractivity contribution in [3.8, 4) is 5.75 Å². The number of carbonyl (C=O) groups excluding carboxylic acids is 1. The summed E-state index contributed by atoms with van der Waals surface area (Å²) in [4.78, 5) is 11.2. The second-order valence-corrected chi connectivity index (χ2v) is 8.00. The summed E-state index contributed by atoms with van der Waals surface area (Å²) in [6, 6.07) is 9.71. The fraction of sp³-hybridized carbons (Fsp3) is 0.188. The molecule has 2 aromatic rings. The third kappa shape index (κ3) is 3.41. The van der Waals surface area contributed by atoms with Gasteiger partial charge in [-0.15, -0.1) is 0 Å². The van der Waals surface area contributed by atoms with Gasteiger partial charge < -0.3 is 15.8 Å². The summed E-state index contributed by atoms with van der Waals surface area (Å²) in [5, 5.41) is 2.58. The van der Waals surface area contributed by atoms with E-state index in [-0.39, 0.29) is 34.7 Å². The molecule has 2 aromatic carbocycles. The Kier molecular flexibility index (Phi) is 4.59. The molecule has 0 fully saturated rings. The Balaban J connectivity index is 1.94. The monoisotopic (exact) mass is 381 g/mol. The maximum atomic E-state index is 12.9. The average Bonchev–Trinajstić information content (AvgIpc) is 2.56. The van der Waals surface area contributed by atoms with E-state index in [1.165, 1.54) is 19.2 Å². The number of sulfonamides is 1. The topological polar surface area (TPSA) is 102 Å². The lowest BCUT2D eigenvalue weighted by Gasteiger charge is -2.22. The first-order chi connectivity index (χ1) is 11.8. The summed E-state index contributed by atoms with van der Waals surface area (Å²) < 4.78 is 32.2.